The Morgan fingerprint density at radius 1 is 1.04 bits per heavy atom. The molecule has 0 unspecified atom stereocenters. The molecule has 0 aliphatic heterocycles. The molecular formula is C20H17F3N4S. The van der Waals surface area contributed by atoms with E-state index in [1.165, 1.54) is 18.8 Å². The van der Waals surface area contributed by atoms with Gasteiger partial charge < -0.3 is 0 Å². The summed E-state index contributed by atoms with van der Waals surface area (Å²) < 4.78 is 38.4. The zero-order valence-electron chi connectivity index (χ0n) is 15.2. The van der Waals surface area contributed by atoms with E-state index in [1.807, 2.05) is 48.7 Å². The van der Waals surface area contributed by atoms with E-state index in [0.29, 0.717) is 11.4 Å². The molecule has 0 N–H and O–H groups in total. The largest absolute Gasteiger partial charge is 0.428 e. The standard InChI is InChI=1S/C20H17F3N4S/c1-24-19(18-12-7-14-5-3-4-6-17(14)26-18)27(25-13-20(21,22)23)15-8-10-16(28-2)11-9-15/h3-13H,1-2H3/b24-19?,25-13+. The minimum Gasteiger partial charge on any atom is -0.268 e. The topological polar surface area (TPSA) is 40.9 Å². The normalized spacial score (nSPS) is 12.7. The Bertz CT molecular complexity index is 1010. The predicted octanol–water partition coefficient (Wildman–Crippen LogP) is 5.39. The van der Waals surface area contributed by atoms with E-state index >= 15 is 0 Å². The van der Waals surface area contributed by atoms with E-state index in [1.54, 1.807) is 18.2 Å². The van der Waals surface area contributed by atoms with Crippen molar-refractivity contribution in [3.05, 3.63) is 66.4 Å². The molecule has 28 heavy (non-hydrogen) atoms. The van der Waals surface area contributed by atoms with E-state index in [0.717, 1.165) is 20.8 Å². The van der Waals surface area contributed by atoms with Crippen LogP contribution in [0.3, 0.4) is 0 Å². The van der Waals surface area contributed by atoms with Crippen LogP contribution in [0, 0.1) is 0 Å². The van der Waals surface area contributed by atoms with E-state index in [-0.39, 0.29) is 12.1 Å². The molecule has 0 amide bonds. The fourth-order valence-corrected chi connectivity index (χ4v) is 3.01. The molecular weight excluding hydrogens is 385 g/mol. The summed E-state index contributed by atoms with van der Waals surface area (Å²) in [6.07, 6.45) is -2.68. The number of nitrogens with zero attached hydrogens (tertiary/aromatic N) is 4. The summed E-state index contributed by atoms with van der Waals surface area (Å²) in [7, 11) is 1.50. The van der Waals surface area contributed by atoms with Crippen LogP contribution in [0.5, 0.6) is 0 Å². The lowest BCUT2D eigenvalue weighted by Gasteiger charge is -2.21. The molecule has 0 radical (unpaired) electrons. The molecule has 4 nitrogen and oxygen atoms in total. The minimum atomic E-state index is -4.55. The van der Waals surface area contributed by atoms with Gasteiger partial charge in [0, 0.05) is 17.3 Å². The van der Waals surface area contributed by atoms with Crippen LogP contribution >= 0.6 is 11.8 Å². The number of benzene rings is 2. The van der Waals surface area contributed by atoms with Gasteiger partial charge in [-0.3, -0.25) is 4.99 Å². The second-order valence-electron chi connectivity index (χ2n) is 5.73. The molecule has 1 heterocycles. The van der Waals surface area contributed by atoms with Crippen molar-refractivity contribution in [1.29, 1.82) is 0 Å². The average Bonchev–Trinajstić information content (AvgIpc) is 2.70. The van der Waals surface area contributed by atoms with Crippen LogP contribution in [0.25, 0.3) is 10.9 Å². The molecule has 0 saturated heterocycles. The van der Waals surface area contributed by atoms with E-state index in [4.69, 9.17) is 0 Å². The van der Waals surface area contributed by atoms with Gasteiger partial charge in [-0.15, -0.1) is 11.8 Å². The summed E-state index contributed by atoms with van der Waals surface area (Å²) >= 11 is 1.54. The number of hydrazone groups is 1. The number of anilines is 1. The molecule has 144 valence electrons. The number of halogens is 3. The minimum absolute atomic E-state index is 0.0539. The third-order valence-corrected chi connectivity index (χ3v) is 4.62. The van der Waals surface area contributed by atoms with Crippen LogP contribution in [0.4, 0.5) is 18.9 Å². The second kappa shape index (κ2) is 8.43. The van der Waals surface area contributed by atoms with Crippen molar-refractivity contribution in [2.75, 3.05) is 18.3 Å². The van der Waals surface area contributed by atoms with Crippen molar-refractivity contribution in [1.82, 2.24) is 4.98 Å². The lowest BCUT2D eigenvalue weighted by atomic mass is 10.2. The molecule has 0 aliphatic carbocycles. The average molecular weight is 402 g/mol. The van der Waals surface area contributed by atoms with Gasteiger partial charge in [-0.05, 0) is 42.7 Å². The van der Waals surface area contributed by atoms with Gasteiger partial charge in [0.15, 0.2) is 5.84 Å². The van der Waals surface area contributed by atoms with Crippen molar-refractivity contribution in [3.8, 4) is 0 Å². The first-order valence-electron chi connectivity index (χ1n) is 8.30. The summed E-state index contributed by atoms with van der Waals surface area (Å²) in [5.74, 6) is 0.211. The number of aliphatic imine (C=N–C) groups is 1. The Kier molecular flexibility index (Phi) is 5.99. The molecule has 1 aromatic heterocycles. The Morgan fingerprint density at radius 2 is 1.75 bits per heavy atom. The number of amidine groups is 1. The smallest absolute Gasteiger partial charge is 0.268 e. The lowest BCUT2D eigenvalue weighted by molar-refractivity contribution is -0.0537. The van der Waals surface area contributed by atoms with Gasteiger partial charge in [0.1, 0.15) is 11.9 Å². The molecule has 2 aromatic carbocycles. The Morgan fingerprint density at radius 3 is 2.39 bits per heavy atom. The number of fused-ring (bicyclic) bond motifs is 1. The maximum atomic E-state index is 12.8. The monoisotopic (exact) mass is 402 g/mol. The van der Waals surface area contributed by atoms with Gasteiger partial charge >= 0.3 is 6.18 Å². The molecule has 0 bridgehead atoms. The number of thioether (sulfide) groups is 1. The number of pyridine rings is 1. The molecule has 0 spiro atoms. The molecule has 0 saturated carbocycles. The highest BCUT2D eigenvalue weighted by Crippen LogP contribution is 2.24. The van der Waals surface area contributed by atoms with Crippen LogP contribution in [0.1, 0.15) is 5.69 Å². The molecule has 0 aliphatic rings. The number of para-hydroxylation sites is 1. The lowest BCUT2D eigenvalue weighted by Crippen LogP contribution is -2.29. The first-order chi connectivity index (χ1) is 13.4. The summed E-state index contributed by atoms with van der Waals surface area (Å²) in [6, 6.07) is 18.1. The zero-order chi connectivity index (χ0) is 20.1. The van der Waals surface area contributed by atoms with Crippen LogP contribution in [0.2, 0.25) is 0 Å². The highest BCUT2D eigenvalue weighted by Gasteiger charge is 2.26. The number of alkyl halides is 3. The summed E-state index contributed by atoms with van der Waals surface area (Å²) in [5.41, 5.74) is 1.60. The highest BCUT2D eigenvalue weighted by atomic mass is 32.2. The zero-order valence-corrected chi connectivity index (χ0v) is 16.0. The van der Waals surface area contributed by atoms with E-state index in [9.17, 15) is 13.2 Å². The maximum absolute atomic E-state index is 12.8. The van der Waals surface area contributed by atoms with Gasteiger partial charge in [0.2, 0.25) is 0 Å². The first-order valence-corrected chi connectivity index (χ1v) is 9.53. The van der Waals surface area contributed by atoms with Crippen molar-refractivity contribution < 1.29 is 13.2 Å². The molecule has 3 aromatic rings. The SMILES string of the molecule is CN=C(c1ccc2ccccc2n1)N(/N=C/C(F)(F)F)c1ccc(SC)cc1. The third kappa shape index (κ3) is 4.69. The van der Waals surface area contributed by atoms with Crippen LogP contribution in [-0.4, -0.2) is 36.5 Å². The first kappa shape index (κ1) is 19.9. The fourth-order valence-electron chi connectivity index (χ4n) is 2.60. The van der Waals surface area contributed by atoms with Crippen LogP contribution in [0.15, 0.2) is 75.7 Å². The third-order valence-electron chi connectivity index (χ3n) is 3.88. The second-order valence-corrected chi connectivity index (χ2v) is 6.61. The van der Waals surface area contributed by atoms with Gasteiger partial charge in [-0.25, -0.2) is 9.99 Å². The van der Waals surface area contributed by atoms with Gasteiger partial charge in [0.25, 0.3) is 0 Å². The molecule has 3 rings (SSSR count). The van der Waals surface area contributed by atoms with Crippen molar-refractivity contribution in [3.63, 3.8) is 0 Å². The molecule has 8 heteroatoms. The summed E-state index contributed by atoms with van der Waals surface area (Å²) in [4.78, 5) is 9.71. The predicted molar refractivity (Wildman–Crippen MR) is 109 cm³/mol. The number of hydrogen-bond acceptors (Lipinski definition) is 4. The van der Waals surface area contributed by atoms with Crippen molar-refractivity contribution in [2.24, 2.45) is 10.1 Å². The van der Waals surface area contributed by atoms with E-state index < -0.39 is 6.18 Å². The Balaban J connectivity index is 2.08. The fraction of sp³-hybridized carbons (Fsp3) is 0.150. The van der Waals surface area contributed by atoms with Gasteiger partial charge in [-0.2, -0.15) is 18.3 Å². The summed E-state index contributed by atoms with van der Waals surface area (Å²) in [5, 5.41) is 5.73. The van der Waals surface area contributed by atoms with Crippen LogP contribution < -0.4 is 5.01 Å². The highest BCUT2D eigenvalue weighted by molar-refractivity contribution is 7.98. The Labute approximate surface area is 164 Å². The van der Waals surface area contributed by atoms with E-state index in [2.05, 4.69) is 15.1 Å². The van der Waals surface area contributed by atoms with Gasteiger partial charge in [0.05, 0.1) is 11.2 Å². The van der Waals surface area contributed by atoms with Crippen molar-refractivity contribution in [2.45, 2.75) is 11.1 Å². The summed E-state index contributed by atoms with van der Waals surface area (Å²) in [6.45, 7) is 0. The van der Waals surface area contributed by atoms with Crippen molar-refractivity contribution >= 4 is 40.4 Å². The number of hydrogen-bond donors (Lipinski definition) is 0. The van der Waals surface area contributed by atoms with Crippen LogP contribution in [-0.2, 0) is 0 Å². The van der Waals surface area contributed by atoms with Gasteiger partial charge in [-0.1, -0.05) is 24.3 Å². The number of aromatic nitrogens is 1. The molecule has 0 atom stereocenters. The Hall–Kier alpha value is -2.87. The number of rotatable bonds is 4. The maximum Gasteiger partial charge on any atom is 0.428 e. The molecule has 0 fully saturated rings. The quantitative estimate of drug-likeness (QED) is 0.254.